The third-order valence-corrected chi connectivity index (χ3v) is 5.81. The summed E-state index contributed by atoms with van der Waals surface area (Å²) in [6, 6.07) is 3.94. The zero-order chi connectivity index (χ0) is 17.3. The van der Waals surface area contributed by atoms with Crippen molar-refractivity contribution in [3.05, 3.63) is 39.6 Å². The van der Waals surface area contributed by atoms with Gasteiger partial charge in [-0.3, -0.25) is 14.2 Å². The number of carbonyl (C=O) groups is 1. The maximum atomic E-state index is 12.8. The second-order valence-corrected chi connectivity index (χ2v) is 8.08. The fraction of sp³-hybridized carbons (Fsp3) is 0.353. The molecule has 0 atom stereocenters. The van der Waals surface area contributed by atoms with E-state index in [0.717, 1.165) is 16.9 Å². The van der Waals surface area contributed by atoms with Gasteiger partial charge in [-0.2, -0.15) is 0 Å². The Labute approximate surface area is 148 Å². The first-order chi connectivity index (χ1) is 11.4. The van der Waals surface area contributed by atoms with Crippen molar-refractivity contribution in [3.63, 3.8) is 0 Å². The van der Waals surface area contributed by atoms with Crippen LogP contribution < -0.4 is 10.9 Å². The molecule has 0 fully saturated rings. The average molecular weight is 361 g/mol. The predicted octanol–water partition coefficient (Wildman–Crippen LogP) is 3.49. The summed E-state index contributed by atoms with van der Waals surface area (Å²) in [5.41, 5.74) is 0.433. The molecule has 3 heterocycles. The third kappa shape index (κ3) is 3.27. The molecule has 0 radical (unpaired) electrons. The highest BCUT2D eigenvalue weighted by Crippen LogP contribution is 2.33. The van der Waals surface area contributed by atoms with E-state index in [9.17, 15) is 9.59 Å². The predicted molar refractivity (Wildman–Crippen MR) is 99.7 cm³/mol. The van der Waals surface area contributed by atoms with Gasteiger partial charge in [0, 0.05) is 21.4 Å². The number of nitrogens with one attached hydrogen (secondary N) is 1. The lowest BCUT2D eigenvalue weighted by Gasteiger charge is -2.24. The van der Waals surface area contributed by atoms with Crippen LogP contribution in [0.25, 0.3) is 20.7 Å². The van der Waals surface area contributed by atoms with E-state index in [1.54, 1.807) is 11.3 Å². The first-order valence-corrected chi connectivity index (χ1v) is 9.49. The van der Waals surface area contributed by atoms with E-state index in [2.05, 4.69) is 10.3 Å². The summed E-state index contributed by atoms with van der Waals surface area (Å²) in [7, 11) is 0. The molecule has 0 saturated heterocycles. The molecule has 0 aromatic carbocycles. The van der Waals surface area contributed by atoms with Gasteiger partial charge in [-0.15, -0.1) is 22.7 Å². The smallest absolute Gasteiger partial charge is 0.263 e. The van der Waals surface area contributed by atoms with Gasteiger partial charge in [-0.1, -0.05) is 13.0 Å². The Morgan fingerprint density at radius 3 is 2.83 bits per heavy atom. The number of nitrogens with zero attached hydrogens (tertiary/aromatic N) is 2. The van der Waals surface area contributed by atoms with Crippen LogP contribution in [0.4, 0.5) is 0 Å². The Bertz CT molecular complexity index is 923. The van der Waals surface area contributed by atoms with Crippen molar-refractivity contribution in [1.82, 2.24) is 14.9 Å². The van der Waals surface area contributed by atoms with Crippen molar-refractivity contribution >= 4 is 38.8 Å². The van der Waals surface area contributed by atoms with Gasteiger partial charge >= 0.3 is 0 Å². The quantitative estimate of drug-likeness (QED) is 0.756. The first kappa shape index (κ1) is 16.9. The van der Waals surface area contributed by atoms with Gasteiger partial charge in [0.15, 0.2) is 0 Å². The minimum Gasteiger partial charge on any atom is -0.350 e. The van der Waals surface area contributed by atoms with Crippen LogP contribution in [0.1, 0.15) is 27.2 Å². The van der Waals surface area contributed by atoms with Crippen molar-refractivity contribution in [2.75, 3.05) is 0 Å². The molecule has 24 heavy (non-hydrogen) atoms. The maximum Gasteiger partial charge on any atom is 0.263 e. The van der Waals surface area contributed by atoms with E-state index in [1.807, 2.05) is 43.7 Å². The summed E-state index contributed by atoms with van der Waals surface area (Å²) in [4.78, 5) is 31.2. The molecule has 0 spiro atoms. The maximum absolute atomic E-state index is 12.8. The Morgan fingerprint density at radius 2 is 2.17 bits per heavy atom. The summed E-state index contributed by atoms with van der Waals surface area (Å²) in [5.74, 6) is -0.182. The number of fused-ring (bicyclic) bond motifs is 1. The zero-order valence-electron chi connectivity index (χ0n) is 13.8. The molecule has 0 aliphatic heterocycles. The van der Waals surface area contributed by atoms with Gasteiger partial charge in [0.05, 0.1) is 11.7 Å². The summed E-state index contributed by atoms with van der Waals surface area (Å²) in [5, 5.41) is 7.47. The lowest BCUT2D eigenvalue weighted by atomic mass is 10.0. The van der Waals surface area contributed by atoms with Gasteiger partial charge < -0.3 is 5.32 Å². The van der Waals surface area contributed by atoms with Gasteiger partial charge in [0.25, 0.3) is 5.56 Å². The van der Waals surface area contributed by atoms with E-state index in [1.165, 1.54) is 22.2 Å². The SMILES string of the molecule is CCC(C)(C)NC(=O)Cn1cnc2scc(-c3cccs3)c2c1=O. The second kappa shape index (κ2) is 6.49. The average Bonchev–Trinajstić information content (AvgIpc) is 3.18. The second-order valence-electron chi connectivity index (χ2n) is 6.27. The van der Waals surface area contributed by atoms with Gasteiger partial charge in [-0.25, -0.2) is 4.98 Å². The number of amides is 1. The van der Waals surface area contributed by atoms with Crippen molar-refractivity contribution in [3.8, 4) is 10.4 Å². The van der Waals surface area contributed by atoms with Crippen molar-refractivity contribution in [2.45, 2.75) is 39.3 Å². The summed E-state index contributed by atoms with van der Waals surface area (Å²) in [6.07, 6.45) is 2.27. The highest BCUT2D eigenvalue weighted by molar-refractivity contribution is 7.18. The fourth-order valence-electron chi connectivity index (χ4n) is 2.35. The molecule has 0 unspecified atom stereocenters. The van der Waals surface area contributed by atoms with Crippen LogP contribution in [0.15, 0.2) is 34.0 Å². The number of rotatable bonds is 5. The van der Waals surface area contributed by atoms with E-state index in [-0.39, 0.29) is 23.6 Å². The summed E-state index contributed by atoms with van der Waals surface area (Å²) < 4.78 is 1.38. The van der Waals surface area contributed by atoms with Gasteiger partial charge in [-0.05, 0) is 31.7 Å². The number of aromatic nitrogens is 2. The number of carbonyl (C=O) groups excluding carboxylic acids is 1. The Balaban J connectivity index is 1.96. The van der Waals surface area contributed by atoms with Crippen LogP contribution >= 0.6 is 22.7 Å². The topological polar surface area (TPSA) is 64.0 Å². The molecule has 0 saturated carbocycles. The Morgan fingerprint density at radius 1 is 1.38 bits per heavy atom. The summed E-state index contributed by atoms with van der Waals surface area (Å²) in [6.45, 7) is 5.91. The Kier molecular flexibility index (Phi) is 4.56. The van der Waals surface area contributed by atoms with E-state index >= 15 is 0 Å². The van der Waals surface area contributed by atoms with Crippen LogP contribution in [0.2, 0.25) is 0 Å². The van der Waals surface area contributed by atoms with E-state index in [4.69, 9.17) is 0 Å². The van der Waals surface area contributed by atoms with Gasteiger partial charge in [0.1, 0.15) is 11.4 Å². The van der Waals surface area contributed by atoms with Crippen LogP contribution in [-0.4, -0.2) is 21.0 Å². The number of hydrogen-bond donors (Lipinski definition) is 1. The largest absolute Gasteiger partial charge is 0.350 e. The minimum absolute atomic E-state index is 0.0229. The van der Waals surface area contributed by atoms with Crippen LogP contribution in [0, 0.1) is 0 Å². The molecule has 5 nitrogen and oxygen atoms in total. The molecule has 7 heteroatoms. The summed E-state index contributed by atoms with van der Waals surface area (Å²) >= 11 is 3.04. The van der Waals surface area contributed by atoms with E-state index < -0.39 is 0 Å². The molecule has 1 amide bonds. The first-order valence-electron chi connectivity index (χ1n) is 7.73. The molecule has 126 valence electrons. The molecule has 0 bridgehead atoms. The number of thiophene rings is 2. The molecule has 0 aliphatic carbocycles. The molecule has 3 rings (SSSR count). The molecular weight excluding hydrogens is 342 g/mol. The van der Waals surface area contributed by atoms with Crippen LogP contribution in [0.5, 0.6) is 0 Å². The third-order valence-electron chi connectivity index (χ3n) is 4.02. The number of hydrogen-bond acceptors (Lipinski definition) is 5. The standard InChI is InChI=1S/C17H19N3O2S2/c1-4-17(2,3)19-13(21)8-20-10-18-15-14(16(20)22)11(9-24-15)12-6-5-7-23-12/h5-7,9-10H,4,8H2,1-3H3,(H,19,21). The monoisotopic (exact) mass is 361 g/mol. The highest BCUT2D eigenvalue weighted by Gasteiger charge is 2.19. The van der Waals surface area contributed by atoms with Crippen molar-refractivity contribution in [2.24, 2.45) is 0 Å². The van der Waals surface area contributed by atoms with Crippen LogP contribution in [0.3, 0.4) is 0 Å². The minimum atomic E-state index is -0.289. The van der Waals surface area contributed by atoms with Crippen molar-refractivity contribution in [1.29, 1.82) is 0 Å². The fourth-order valence-corrected chi connectivity index (χ4v) is 4.07. The molecule has 1 N–H and O–H groups in total. The molecular formula is C17H19N3O2S2. The van der Waals surface area contributed by atoms with Gasteiger partial charge in [0.2, 0.25) is 5.91 Å². The zero-order valence-corrected chi connectivity index (χ0v) is 15.5. The molecule has 3 aromatic rings. The lowest BCUT2D eigenvalue weighted by molar-refractivity contribution is -0.123. The highest BCUT2D eigenvalue weighted by atomic mass is 32.1. The van der Waals surface area contributed by atoms with Crippen molar-refractivity contribution < 1.29 is 4.79 Å². The lowest BCUT2D eigenvalue weighted by Crippen LogP contribution is -2.45. The Hall–Kier alpha value is -1.99. The molecule has 0 aliphatic rings. The van der Waals surface area contributed by atoms with E-state index in [0.29, 0.717) is 10.2 Å². The normalized spacial score (nSPS) is 11.8. The molecule has 3 aromatic heterocycles. The van der Waals surface area contributed by atoms with Crippen LogP contribution in [-0.2, 0) is 11.3 Å².